The molecule has 0 saturated carbocycles. The zero-order valence-corrected chi connectivity index (χ0v) is 14.2. The van der Waals surface area contributed by atoms with E-state index in [9.17, 15) is 12.6 Å². The van der Waals surface area contributed by atoms with E-state index in [1.54, 1.807) is 0 Å². The summed E-state index contributed by atoms with van der Waals surface area (Å²) in [7, 11) is -13.8. The van der Waals surface area contributed by atoms with Crippen LogP contribution in [-0.4, -0.2) is 0 Å². The summed E-state index contributed by atoms with van der Waals surface area (Å²) in [5.74, 6) is 0. The molecular formula is C9H15F3N3O3P3. The van der Waals surface area contributed by atoms with E-state index >= 15 is 0 Å². The molecule has 1 aliphatic heterocycles. The van der Waals surface area contributed by atoms with Gasteiger partial charge in [-0.25, -0.2) is 0 Å². The fraction of sp³-hybridized carbons (Fsp3) is 0.333. The van der Waals surface area contributed by atoms with Crippen LogP contribution in [0.15, 0.2) is 50.6 Å². The second-order valence-electron chi connectivity index (χ2n) is 3.41. The molecule has 0 atom stereocenters. The van der Waals surface area contributed by atoms with Crippen LogP contribution in [0.25, 0.3) is 0 Å². The highest BCUT2D eigenvalue weighted by molar-refractivity contribution is 7.78. The van der Waals surface area contributed by atoms with E-state index < -0.39 is 23.2 Å². The van der Waals surface area contributed by atoms with E-state index in [1.807, 2.05) is 0 Å². The van der Waals surface area contributed by atoms with Crippen molar-refractivity contribution in [3.63, 3.8) is 0 Å². The second kappa shape index (κ2) is 7.39. The average Bonchev–Trinajstić information content (AvgIpc) is 2.39. The molecule has 12 heteroatoms. The van der Waals surface area contributed by atoms with E-state index in [4.69, 9.17) is 0 Å². The van der Waals surface area contributed by atoms with Crippen LogP contribution in [0.2, 0.25) is 0 Å². The van der Waals surface area contributed by atoms with Gasteiger partial charge in [0.05, 0.1) is 18.8 Å². The number of allylic oxidation sites excluding steroid dienone is 3. The molecule has 0 fully saturated rings. The molecule has 0 aromatic heterocycles. The van der Waals surface area contributed by atoms with Crippen molar-refractivity contribution in [3.8, 4) is 0 Å². The summed E-state index contributed by atoms with van der Waals surface area (Å²) in [5, 5.41) is 0. The minimum Gasteiger partial charge on any atom is -0.427 e. The summed E-state index contributed by atoms with van der Waals surface area (Å²) in [5.41, 5.74) is 0. The molecule has 0 radical (unpaired) electrons. The van der Waals surface area contributed by atoms with Crippen LogP contribution in [0.1, 0.15) is 20.8 Å². The van der Waals surface area contributed by atoms with E-state index in [-0.39, 0.29) is 0 Å². The van der Waals surface area contributed by atoms with Crippen LogP contribution in [0, 0.1) is 0 Å². The standard InChI is InChI=1S/C9H15F3N3O3P3/c1-4-7-16-19(10)13-20(11,17-8-5-2)15-21(12,14-19)18-9-6-3/h4-9H,1-3H3. The van der Waals surface area contributed by atoms with Gasteiger partial charge in [-0.15, -0.1) is 26.1 Å². The highest BCUT2D eigenvalue weighted by Crippen LogP contribution is 2.81. The molecule has 0 aromatic carbocycles. The Morgan fingerprint density at radius 1 is 0.619 bits per heavy atom. The summed E-state index contributed by atoms with van der Waals surface area (Å²) in [6.07, 6.45) is 6.71. The van der Waals surface area contributed by atoms with Crippen LogP contribution in [0.5, 0.6) is 0 Å². The Kier molecular flexibility index (Phi) is 6.39. The molecule has 1 aliphatic rings. The lowest BCUT2D eigenvalue weighted by Gasteiger charge is -2.21. The fourth-order valence-corrected chi connectivity index (χ4v) is 7.51. The minimum atomic E-state index is -4.60. The first kappa shape index (κ1) is 18.1. The lowest BCUT2D eigenvalue weighted by molar-refractivity contribution is 0.452. The van der Waals surface area contributed by atoms with Crippen LogP contribution in [0.4, 0.5) is 12.6 Å². The first-order valence-corrected chi connectivity index (χ1v) is 10.2. The van der Waals surface area contributed by atoms with E-state index in [0.29, 0.717) is 0 Å². The van der Waals surface area contributed by atoms with E-state index in [0.717, 1.165) is 18.8 Å². The molecule has 0 amide bonds. The Morgan fingerprint density at radius 3 is 1.05 bits per heavy atom. The quantitative estimate of drug-likeness (QED) is 0.365. The maximum atomic E-state index is 14.4. The van der Waals surface area contributed by atoms with Crippen molar-refractivity contribution in [2.45, 2.75) is 20.8 Å². The molecule has 6 nitrogen and oxygen atoms in total. The van der Waals surface area contributed by atoms with Crippen molar-refractivity contribution >= 4 is 23.2 Å². The van der Waals surface area contributed by atoms with E-state index in [1.165, 1.54) is 39.0 Å². The molecule has 0 aromatic rings. The number of rotatable bonds is 6. The number of hydrogen-bond acceptors (Lipinski definition) is 6. The number of hydrogen-bond donors (Lipinski definition) is 0. The lowest BCUT2D eigenvalue weighted by atomic mass is 10.8. The first-order valence-electron chi connectivity index (χ1n) is 5.69. The monoisotopic (exact) mass is 363 g/mol. The van der Waals surface area contributed by atoms with Gasteiger partial charge < -0.3 is 13.6 Å². The smallest absolute Gasteiger partial charge is 0.427 e. The van der Waals surface area contributed by atoms with Crippen molar-refractivity contribution in [3.05, 3.63) is 37.0 Å². The predicted octanol–water partition coefficient (Wildman–Crippen LogP) is 7.40. The van der Waals surface area contributed by atoms with Gasteiger partial charge in [-0.1, -0.05) is 18.2 Å². The van der Waals surface area contributed by atoms with Crippen LogP contribution >= 0.6 is 23.2 Å². The highest BCUT2D eigenvalue weighted by atomic mass is 31.3. The third-order valence-corrected chi connectivity index (χ3v) is 8.12. The molecule has 120 valence electrons. The largest absolute Gasteiger partial charge is 0.442 e. The van der Waals surface area contributed by atoms with Crippen LogP contribution in [0.3, 0.4) is 0 Å². The summed E-state index contributed by atoms with van der Waals surface area (Å²) in [6.45, 7) is 4.59. The topological polar surface area (TPSA) is 64.8 Å². The van der Waals surface area contributed by atoms with Gasteiger partial charge in [-0.2, -0.15) is 0 Å². The van der Waals surface area contributed by atoms with Gasteiger partial charge in [-0.3, -0.25) is 0 Å². The van der Waals surface area contributed by atoms with Gasteiger partial charge in [0, 0.05) is 0 Å². The second-order valence-corrected chi connectivity index (χ2v) is 9.03. The van der Waals surface area contributed by atoms with Gasteiger partial charge in [0.1, 0.15) is 0 Å². The Hall–Kier alpha value is -0.900. The molecule has 0 saturated heterocycles. The molecule has 0 unspecified atom stereocenters. The summed E-state index contributed by atoms with van der Waals surface area (Å²) in [4.78, 5) is 0. The normalized spacial score (nSPS) is 36.3. The van der Waals surface area contributed by atoms with Crippen molar-refractivity contribution in [2.24, 2.45) is 13.5 Å². The van der Waals surface area contributed by atoms with Crippen LogP contribution in [-0.2, 0) is 13.6 Å². The van der Waals surface area contributed by atoms with Gasteiger partial charge in [0.15, 0.2) is 0 Å². The SMILES string of the molecule is CC=COP1(F)=NP(F)(OC=CC)=NP(F)(OC=CC)=N1. The zero-order chi connectivity index (χ0) is 16.0. The molecule has 0 aliphatic carbocycles. The molecule has 0 spiro atoms. The fourth-order valence-electron chi connectivity index (χ4n) is 1.00. The van der Waals surface area contributed by atoms with Gasteiger partial charge >= 0.3 is 23.2 Å². The summed E-state index contributed by atoms with van der Waals surface area (Å²) < 4.78 is 66.4. The van der Waals surface area contributed by atoms with Gasteiger partial charge in [-0.05, 0) is 20.8 Å². The molecule has 0 N–H and O–H groups in total. The third kappa shape index (κ3) is 5.42. The summed E-state index contributed by atoms with van der Waals surface area (Å²) in [6, 6.07) is 0. The zero-order valence-electron chi connectivity index (χ0n) is 11.5. The predicted molar refractivity (Wildman–Crippen MR) is 79.1 cm³/mol. The van der Waals surface area contributed by atoms with Crippen molar-refractivity contribution in [1.82, 2.24) is 0 Å². The maximum Gasteiger partial charge on any atom is 0.442 e. The Balaban J connectivity index is 3.41. The lowest BCUT2D eigenvalue weighted by Crippen LogP contribution is -1.85. The van der Waals surface area contributed by atoms with Crippen molar-refractivity contribution in [2.75, 3.05) is 0 Å². The first-order chi connectivity index (χ1) is 9.80. The third-order valence-electron chi connectivity index (χ3n) is 1.66. The maximum absolute atomic E-state index is 14.4. The Morgan fingerprint density at radius 2 is 0.857 bits per heavy atom. The summed E-state index contributed by atoms with van der Waals surface area (Å²) >= 11 is 0. The Labute approximate surface area is 121 Å². The van der Waals surface area contributed by atoms with E-state index in [2.05, 4.69) is 27.1 Å². The van der Waals surface area contributed by atoms with Crippen molar-refractivity contribution < 1.29 is 26.2 Å². The molecule has 21 heavy (non-hydrogen) atoms. The average molecular weight is 363 g/mol. The van der Waals surface area contributed by atoms with Gasteiger partial charge in [0.2, 0.25) is 0 Å². The molecule has 1 heterocycles. The number of nitrogens with zero attached hydrogens (tertiary/aromatic N) is 3. The Bertz CT molecular complexity index is 528. The van der Waals surface area contributed by atoms with Crippen molar-refractivity contribution in [1.29, 1.82) is 0 Å². The molecule has 1 rings (SSSR count). The number of halogens is 3. The molecule has 0 bridgehead atoms. The highest BCUT2D eigenvalue weighted by Gasteiger charge is 2.42. The van der Waals surface area contributed by atoms with Crippen LogP contribution < -0.4 is 0 Å². The minimum absolute atomic E-state index is 0.909. The van der Waals surface area contributed by atoms with Gasteiger partial charge in [0.25, 0.3) is 0 Å². The molecular weight excluding hydrogens is 348 g/mol.